The summed E-state index contributed by atoms with van der Waals surface area (Å²) in [4.78, 5) is 12.2. The van der Waals surface area contributed by atoms with E-state index in [0.717, 1.165) is 0 Å². The highest BCUT2D eigenvalue weighted by molar-refractivity contribution is 5.69. The third-order valence-corrected chi connectivity index (χ3v) is 6.71. The normalized spacial score (nSPS) is 49.0. The molecule has 0 aromatic rings. The highest BCUT2D eigenvalue weighted by Crippen LogP contribution is 2.38. The molecule has 11 N–H and O–H groups in total. The molecule has 15 atom stereocenters. The Balaban J connectivity index is 1.86. The van der Waals surface area contributed by atoms with E-state index in [1.54, 1.807) is 0 Å². The highest BCUT2D eigenvalue weighted by Gasteiger charge is 2.61. The molecule has 3 aliphatic heterocycles. The van der Waals surface area contributed by atoms with Crippen LogP contribution in [0.2, 0.25) is 0 Å². The molecule has 18 heteroatoms. The molecule has 0 aromatic heterocycles. The largest absolute Gasteiger partial charge is 0.405 e. The van der Waals surface area contributed by atoms with Gasteiger partial charge in [0.2, 0.25) is 0 Å². The molecular formula is C21H36O18. The lowest BCUT2D eigenvalue weighted by molar-refractivity contribution is -0.473. The van der Waals surface area contributed by atoms with Crippen molar-refractivity contribution in [3.05, 3.63) is 0 Å². The van der Waals surface area contributed by atoms with Crippen molar-refractivity contribution in [1.29, 1.82) is 0 Å². The van der Waals surface area contributed by atoms with E-state index >= 15 is 0 Å². The van der Waals surface area contributed by atoms with Crippen LogP contribution in [-0.2, 0) is 33.2 Å². The molecule has 0 amide bonds. The molecule has 0 aliphatic carbocycles. The zero-order chi connectivity index (χ0) is 29.2. The Morgan fingerprint density at radius 1 is 0.718 bits per heavy atom. The van der Waals surface area contributed by atoms with E-state index in [4.69, 9.17) is 28.4 Å². The summed E-state index contributed by atoms with van der Waals surface area (Å²) in [5, 5.41) is 111. The van der Waals surface area contributed by atoms with Crippen molar-refractivity contribution < 1.29 is 89.4 Å². The number of aliphatic hydroxyl groups is 11. The van der Waals surface area contributed by atoms with Crippen molar-refractivity contribution in [3.63, 3.8) is 0 Å². The average Bonchev–Trinajstić information content (AvgIpc) is 2.93. The van der Waals surface area contributed by atoms with Crippen molar-refractivity contribution in [3.8, 4) is 0 Å². The predicted octanol–water partition coefficient (Wildman–Crippen LogP) is -7.29. The van der Waals surface area contributed by atoms with E-state index in [-0.39, 0.29) is 6.42 Å². The standard InChI is InChI=1S/C21H36O18/c1-2-9(25)38-21(18(32)13(29)10(26)6(3-22)37-21)39-17-8(5-24)35-20(15(31)12(17)28)36-16-7(4-23)34-19(33)14(30)11(16)27/h6-8,10-20,22-24,26-33H,2-5H2,1H3/t6-,7-,8-,10-,11-,12-,13+,14-,15-,16-,17-,18-,19+,20?,21?/m1/s1. The summed E-state index contributed by atoms with van der Waals surface area (Å²) in [6, 6.07) is 0. The van der Waals surface area contributed by atoms with Gasteiger partial charge < -0.3 is 84.6 Å². The molecule has 18 nitrogen and oxygen atoms in total. The van der Waals surface area contributed by atoms with Gasteiger partial charge in [-0.2, -0.15) is 0 Å². The van der Waals surface area contributed by atoms with Gasteiger partial charge in [-0.25, -0.2) is 0 Å². The molecule has 0 saturated carbocycles. The van der Waals surface area contributed by atoms with E-state index in [0.29, 0.717) is 0 Å². The number of rotatable bonds is 9. The minimum atomic E-state index is -2.97. The second kappa shape index (κ2) is 13.2. The molecule has 3 fully saturated rings. The number of esters is 1. The number of aliphatic hydroxyl groups excluding tert-OH is 11. The number of carbonyl (C=O) groups excluding carboxylic acids is 1. The van der Waals surface area contributed by atoms with Crippen LogP contribution in [0.5, 0.6) is 0 Å². The van der Waals surface area contributed by atoms with Crippen molar-refractivity contribution >= 4 is 5.97 Å². The fourth-order valence-electron chi connectivity index (χ4n) is 4.44. The number of hydrogen-bond donors (Lipinski definition) is 11. The van der Waals surface area contributed by atoms with Crippen LogP contribution >= 0.6 is 0 Å². The van der Waals surface area contributed by atoms with Gasteiger partial charge in [0, 0.05) is 6.42 Å². The third kappa shape index (κ3) is 6.36. The molecule has 39 heavy (non-hydrogen) atoms. The fourth-order valence-corrected chi connectivity index (χ4v) is 4.44. The SMILES string of the molecule is CCC(=O)OC1(O[C@H]2[C@H](O)[C@@H](O)C(O[C@H]3[C@H](O)[C@@H](O)[C@@H](O)O[C@@H]3CO)O[C@@H]2CO)O[C@H](CO)[C@@H](O)[C@H](O)[C@H]1O. The van der Waals surface area contributed by atoms with Crippen molar-refractivity contribution in [2.24, 2.45) is 0 Å². The lowest BCUT2D eigenvalue weighted by Crippen LogP contribution is -2.71. The smallest absolute Gasteiger partial charge is 0.360 e. The van der Waals surface area contributed by atoms with E-state index in [2.05, 4.69) is 0 Å². The molecule has 3 rings (SSSR count). The summed E-state index contributed by atoms with van der Waals surface area (Å²) in [7, 11) is 0. The molecule has 3 aliphatic rings. The van der Waals surface area contributed by atoms with Crippen LogP contribution in [0.15, 0.2) is 0 Å². The Morgan fingerprint density at radius 2 is 1.28 bits per heavy atom. The summed E-state index contributed by atoms with van der Waals surface area (Å²) >= 11 is 0. The molecule has 228 valence electrons. The molecule has 0 radical (unpaired) electrons. The number of ether oxygens (including phenoxy) is 6. The van der Waals surface area contributed by atoms with Gasteiger partial charge in [-0.15, -0.1) is 0 Å². The van der Waals surface area contributed by atoms with Gasteiger partial charge in [-0.3, -0.25) is 4.79 Å². The maximum absolute atomic E-state index is 12.2. The van der Waals surface area contributed by atoms with Gasteiger partial charge >= 0.3 is 11.9 Å². The Kier molecular flexibility index (Phi) is 11.0. The summed E-state index contributed by atoms with van der Waals surface area (Å²) in [5.41, 5.74) is 0. The zero-order valence-electron chi connectivity index (χ0n) is 20.7. The number of carbonyl (C=O) groups is 1. The fraction of sp³-hybridized carbons (Fsp3) is 0.952. The topological polar surface area (TPSA) is 295 Å². The molecule has 0 aromatic carbocycles. The van der Waals surface area contributed by atoms with Gasteiger partial charge in [0.05, 0.1) is 19.8 Å². The molecule has 2 unspecified atom stereocenters. The van der Waals surface area contributed by atoms with Crippen molar-refractivity contribution in [2.75, 3.05) is 19.8 Å². The maximum Gasteiger partial charge on any atom is 0.360 e. The Morgan fingerprint density at radius 3 is 1.85 bits per heavy atom. The third-order valence-electron chi connectivity index (χ3n) is 6.71. The number of hydrogen-bond acceptors (Lipinski definition) is 18. The van der Waals surface area contributed by atoms with Crippen LogP contribution in [0.25, 0.3) is 0 Å². The summed E-state index contributed by atoms with van der Waals surface area (Å²) in [6.07, 6.45) is -26.4. The molecule has 3 saturated heterocycles. The monoisotopic (exact) mass is 576 g/mol. The van der Waals surface area contributed by atoms with E-state index in [9.17, 15) is 61.0 Å². The van der Waals surface area contributed by atoms with E-state index in [1.807, 2.05) is 0 Å². The van der Waals surface area contributed by atoms with Gasteiger partial charge in [0.15, 0.2) is 18.7 Å². The van der Waals surface area contributed by atoms with Gasteiger partial charge in [0.1, 0.15) is 67.1 Å². The minimum Gasteiger partial charge on any atom is -0.405 e. The quantitative estimate of drug-likeness (QED) is 0.0897. The van der Waals surface area contributed by atoms with Crippen LogP contribution in [0.4, 0.5) is 0 Å². The van der Waals surface area contributed by atoms with Crippen molar-refractivity contribution in [2.45, 2.75) is 105 Å². The first-order chi connectivity index (χ1) is 18.3. The second-order valence-electron chi connectivity index (χ2n) is 9.31. The van der Waals surface area contributed by atoms with Gasteiger partial charge in [-0.1, -0.05) is 6.92 Å². The van der Waals surface area contributed by atoms with Crippen LogP contribution in [0.1, 0.15) is 13.3 Å². The first kappa shape index (κ1) is 32.3. The molecule has 0 bridgehead atoms. The molecule has 3 heterocycles. The van der Waals surface area contributed by atoms with Gasteiger partial charge in [0.25, 0.3) is 0 Å². The minimum absolute atomic E-state index is 0.298. The predicted molar refractivity (Wildman–Crippen MR) is 117 cm³/mol. The lowest BCUT2D eigenvalue weighted by Gasteiger charge is -2.50. The van der Waals surface area contributed by atoms with Crippen LogP contribution in [0.3, 0.4) is 0 Å². The van der Waals surface area contributed by atoms with E-state index < -0.39 is 118 Å². The van der Waals surface area contributed by atoms with Crippen LogP contribution in [-0.4, -0.2) is 174 Å². The van der Waals surface area contributed by atoms with E-state index in [1.165, 1.54) is 6.92 Å². The second-order valence-corrected chi connectivity index (χ2v) is 9.31. The molecular weight excluding hydrogens is 540 g/mol. The van der Waals surface area contributed by atoms with Crippen LogP contribution in [0, 0.1) is 0 Å². The van der Waals surface area contributed by atoms with Gasteiger partial charge in [-0.05, 0) is 0 Å². The zero-order valence-corrected chi connectivity index (χ0v) is 20.7. The maximum atomic E-state index is 12.2. The average molecular weight is 577 g/mol. The summed E-state index contributed by atoms with van der Waals surface area (Å²) in [5.74, 6) is -4.02. The molecule has 0 spiro atoms. The summed E-state index contributed by atoms with van der Waals surface area (Å²) in [6.45, 7) is -1.36. The van der Waals surface area contributed by atoms with Crippen molar-refractivity contribution in [1.82, 2.24) is 0 Å². The first-order valence-corrected chi connectivity index (χ1v) is 12.2. The first-order valence-electron chi connectivity index (χ1n) is 12.2. The lowest BCUT2D eigenvalue weighted by atomic mass is 9.95. The Hall–Kier alpha value is -1.17. The summed E-state index contributed by atoms with van der Waals surface area (Å²) < 4.78 is 31.8. The Bertz CT molecular complexity index is 797. The van der Waals surface area contributed by atoms with Crippen LogP contribution < -0.4 is 0 Å². The Labute approximate surface area is 221 Å². The highest BCUT2D eigenvalue weighted by atomic mass is 16.9.